The number of methoxy groups -OCH3 is 1. The number of nitrogens with zero attached hydrogens (tertiary/aromatic N) is 4. The first-order valence-electron chi connectivity index (χ1n) is 12.4. The number of aromatic nitrogens is 2. The summed E-state index contributed by atoms with van der Waals surface area (Å²) in [5, 5.41) is 17.7. The predicted molar refractivity (Wildman–Crippen MR) is 135 cm³/mol. The highest BCUT2D eigenvalue weighted by molar-refractivity contribution is 5.48. The maximum absolute atomic E-state index is 11.2. The lowest BCUT2D eigenvalue weighted by atomic mass is 9.92. The number of rotatable bonds is 11. The van der Waals surface area contributed by atoms with Gasteiger partial charge in [-0.1, -0.05) is 6.07 Å². The Bertz CT molecular complexity index is 942. The van der Waals surface area contributed by atoms with E-state index in [1.54, 1.807) is 13.4 Å². The van der Waals surface area contributed by atoms with Gasteiger partial charge < -0.3 is 34.9 Å². The molecule has 10 heteroatoms. The first-order chi connectivity index (χ1) is 17.1. The van der Waals surface area contributed by atoms with E-state index >= 15 is 0 Å². The lowest BCUT2D eigenvalue weighted by Gasteiger charge is -2.40. The van der Waals surface area contributed by atoms with Crippen LogP contribution in [0.2, 0.25) is 0 Å². The fraction of sp³-hybridized carbons (Fsp3) is 0.600. The van der Waals surface area contributed by atoms with E-state index in [1.165, 1.54) is 0 Å². The minimum Gasteiger partial charge on any atom is -0.493 e. The van der Waals surface area contributed by atoms with Crippen LogP contribution in [0.15, 0.2) is 30.6 Å². The van der Waals surface area contributed by atoms with Crippen molar-refractivity contribution in [2.24, 2.45) is 0 Å². The summed E-state index contributed by atoms with van der Waals surface area (Å²) in [6, 6.07) is 7.90. The normalized spacial score (nSPS) is 21.1. The third kappa shape index (κ3) is 7.17. The number of benzene rings is 1. The van der Waals surface area contributed by atoms with E-state index in [-0.39, 0.29) is 0 Å². The molecule has 3 N–H and O–H groups in total. The van der Waals surface area contributed by atoms with Crippen LogP contribution in [0.25, 0.3) is 0 Å². The maximum Gasteiger partial charge on any atom is 0.161 e. The minimum absolute atomic E-state index is 0.494. The van der Waals surface area contributed by atoms with Crippen LogP contribution in [-0.4, -0.2) is 98.8 Å². The molecule has 0 bridgehead atoms. The van der Waals surface area contributed by atoms with E-state index in [2.05, 4.69) is 30.4 Å². The quantitative estimate of drug-likeness (QED) is 0.431. The van der Waals surface area contributed by atoms with Crippen molar-refractivity contribution in [2.45, 2.75) is 25.0 Å². The largest absolute Gasteiger partial charge is 0.493 e. The van der Waals surface area contributed by atoms with E-state index in [0.717, 1.165) is 80.9 Å². The van der Waals surface area contributed by atoms with Crippen molar-refractivity contribution >= 4 is 11.6 Å². The standard InChI is InChI=1S/C25H38N6O4/c1-26-23-15-24(29-19-28-23)31-7-3-6-25(32,18-31)17-27-16-20-4-5-21(22(14-20)33-2)35-13-10-30-8-11-34-12-9-30/h4-5,14-15,19,27,32H,3,6-13,16-18H2,1-2H3,(H,26,28,29). The molecule has 192 valence electrons. The van der Waals surface area contributed by atoms with Gasteiger partial charge in [0.25, 0.3) is 0 Å². The van der Waals surface area contributed by atoms with Gasteiger partial charge in [-0.05, 0) is 30.5 Å². The van der Waals surface area contributed by atoms with E-state index in [9.17, 15) is 5.11 Å². The summed E-state index contributed by atoms with van der Waals surface area (Å²) in [7, 11) is 3.50. The van der Waals surface area contributed by atoms with Crippen LogP contribution in [0.3, 0.4) is 0 Å². The Morgan fingerprint density at radius 1 is 1.14 bits per heavy atom. The highest BCUT2D eigenvalue weighted by Gasteiger charge is 2.33. The molecule has 0 radical (unpaired) electrons. The molecule has 2 aromatic rings. The van der Waals surface area contributed by atoms with Crippen molar-refractivity contribution in [3.63, 3.8) is 0 Å². The molecule has 1 aromatic carbocycles. The molecule has 3 heterocycles. The monoisotopic (exact) mass is 486 g/mol. The van der Waals surface area contributed by atoms with Gasteiger partial charge in [0, 0.05) is 58.9 Å². The van der Waals surface area contributed by atoms with E-state index in [4.69, 9.17) is 14.2 Å². The van der Waals surface area contributed by atoms with Crippen molar-refractivity contribution in [2.75, 3.05) is 83.5 Å². The molecule has 10 nitrogen and oxygen atoms in total. The van der Waals surface area contributed by atoms with Crippen molar-refractivity contribution in [3.8, 4) is 11.5 Å². The second kappa shape index (κ2) is 12.3. The van der Waals surface area contributed by atoms with Crippen LogP contribution in [0.1, 0.15) is 18.4 Å². The van der Waals surface area contributed by atoms with Gasteiger partial charge in [-0.2, -0.15) is 0 Å². The Balaban J connectivity index is 1.26. The van der Waals surface area contributed by atoms with Crippen LogP contribution in [-0.2, 0) is 11.3 Å². The summed E-state index contributed by atoms with van der Waals surface area (Å²) in [5.74, 6) is 3.07. The number of hydrogen-bond acceptors (Lipinski definition) is 10. The third-order valence-electron chi connectivity index (χ3n) is 6.57. The molecule has 1 aromatic heterocycles. The zero-order valence-electron chi connectivity index (χ0n) is 20.8. The zero-order valence-corrected chi connectivity index (χ0v) is 20.8. The van der Waals surface area contributed by atoms with Gasteiger partial charge >= 0.3 is 0 Å². The topological polar surface area (TPSA) is 104 Å². The number of β-amino-alcohol motifs (C(OH)–C–C–N with tert-alkyl or cyclic N) is 1. The summed E-state index contributed by atoms with van der Waals surface area (Å²) in [4.78, 5) is 13.0. The molecule has 1 unspecified atom stereocenters. The van der Waals surface area contributed by atoms with Crippen molar-refractivity contribution in [1.29, 1.82) is 0 Å². The molecular weight excluding hydrogens is 448 g/mol. The van der Waals surface area contributed by atoms with E-state index in [0.29, 0.717) is 26.2 Å². The smallest absolute Gasteiger partial charge is 0.161 e. The fourth-order valence-electron chi connectivity index (χ4n) is 4.60. The first-order valence-corrected chi connectivity index (χ1v) is 12.4. The Morgan fingerprint density at radius 3 is 2.80 bits per heavy atom. The van der Waals surface area contributed by atoms with Gasteiger partial charge in [-0.25, -0.2) is 9.97 Å². The molecule has 0 amide bonds. The fourth-order valence-corrected chi connectivity index (χ4v) is 4.60. The van der Waals surface area contributed by atoms with Crippen LogP contribution < -0.4 is 25.0 Å². The molecule has 2 fully saturated rings. The maximum atomic E-state index is 11.2. The van der Waals surface area contributed by atoms with Gasteiger partial charge in [0.15, 0.2) is 11.5 Å². The average Bonchev–Trinajstić information content (AvgIpc) is 2.90. The number of piperidine rings is 1. The summed E-state index contributed by atoms with van der Waals surface area (Å²) in [6.07, 6.45) is 3.21. The Hall–Kier alpha value is -2.66. The second-order valence-electron chi connectivity index (χ2n) is 9.15. The molecular formula is C25H38N6O4. The molecule has 0 aliphatic carbocycles. The third-order valence-corrected chi connectivity index (χ3v) is 6.57. The molecule has 0 saturated carbocycles. The minimum atomic E-state index is -0.824. The molecule has 0 spiro atoms. The van der Waals surface area contributed by atoms with E-state index < -0.39 is 5.60 Å². The zero-order chi connectivity index (χ0) is 24.5. The van der Waals surface area contributed by atoms with Crippen LogP contribution in [0.4, 0.5) is 11.6 Å². The molecule has 35 heavy (non-hydrogen) atoms. The van der Waals surface area contributed by atoms with Crippen LogP contribution >= 0.6 is 0 Å². The number of morpholine rings is 1. The number of hydrogen-bond donors (Lipinski definition) is 3. The summed E-state index contributed by atoms with van der Waals surface area (Å²) < 4.78 is 16.9. The number of aliphatic hydroxyl groups is 1. The van der Waals surface area contributed by atoms with Crippen LogP contribution in [0.5, 0.6) is 11.5 Å². The summed E-state index contributed by atoms with van der Waals surface area (Å²) in [6.45, 7) is 7.48. The van der Waals surface area contributed by atoms with Gasteiger partial charge in [0.05, 0.1) is 25.9 Å². The molecule has 1 atom stereocenters. The number of anilines is 2. The highest BCUT2D eigenvalue weighted by atomic mass is 16.5. The molecule has 2 aliphatic rings. The summed E-state index contributed by atoms with van der Waals surface area (Å²) >= 11 is 0. The van der Waals surface area contributed by atoms with Crippen LogP contribution in [0, 0.1) is 0 Å². The number of ether oxygens (including phenoxy) is 3. The van der Waals surface area contributed by atoms with Gasteiger partial charge in [-0.15, -0.1) is 0 Å². The average molecular weight is 487 g/mol. The first kappa shape index (κ1) is 25.4. The van der Waals surface area contributed by atoms with Crippen molar-refractivity contribution in [1.82, 2.24) is 20.2 Å². The molecule has 4 rings (SSSR count). The second-order valence-corrected chi connectivity index (χ2v) is 9.15. The SMILES string of the molecule is CNc1cc(N2CCCC(O)(CNCc3ccc(OCCN4CCOCC4)c(OC)c3)C2)ncn1. The Labute approximate surface area is 207 Å². The lowest BCUT2D eigenvalue weighted by molar-refractivity contribution is 0.0258. The highest BCUT2D eigenvalue weighted by Crippen LogP contribution is 2.29. The lowest BCUT2D eigenvalue weighted by Crippen LogP contribution is -2.53. The molecule has 2 aliphatic heterocycles. The van der Waals surface area contributed by atoms with Crippen molar-refractivity contribution < 1.29 is 19.3 Å². The molecule has 2 saturated heterocycles. The Morgan fingerprint density at radius 2 is 2.00 bits per heavy atom. The van der Waals surface area contributed by atoms with Gasteiger partial charge in [-0.3, -0.25) is 4.90 Å². The van der Waals surface area contributed by atoms with Gasteiger partial charge in [0.2, 0.25) is 0 Å². The van der Waals surface area contributed by atoms with Crippen molar-refractivity contribution in [3.05, 3.63) is 36.2 Å². The number of nitrogens with one attached hydrogen (secondary N) is 2. The van der Waals surface area contributed by atoms with E-state index in [1.807, 2.05) is 31.3 Å². The predicted octanol–water partition coefficient (Wildman–Crippen LogP) is 1.36. The van der Waals surface area contributed by atoms with Gasteiger partial charge in [0.1, 0.15) is 24.6 Å². The summed E-state index contributed by atoms with van der Waals surface area (Å²) in [5.41, 5.74) is 0.253. The Kier molecular flexibility index (Phi) is 8.97.